The van der Waals surface area contributed by atoms with E-state index in [1.54, 1.807) is 5.54 Å². The second-order valence-corrected chi connectivity index (χ2v) is 6.46. The zero-order chi connectivity index (χ0) is 17.6. The number of piperazine rings is 1. The van der Waals surface area contributed by atoms with Crippen LogP contribution in [0.25, 0.3) is 0 Å². The van der Waals surface area contributed by atoms with Gasteiger partial charge in [0.15, 0.2) is 0 Å². The van der Waals surface area contributed by atoms with E-state index in [0.29, 0.717) is 0 Å². The van der Waals surface area contributed by atoms with E-state index >= 15 is 0 Å². The summed E-state index contributed by atoms with van der Waals surface area (Å²) in [5.41, 5.74) is 3.58. The van der Waals surface area contributed by atoms with Gasteiger partial charge >= 0.3 is 0 Å². The topological polar surface area (TPSA) is 6.48 Å². The molecule has 1 saturated heterocycles. The fourth-order valence-corrected chi connectivity index (χ4v) is 3.38. The Morgan fingerprint density at radius 3 is 1.76 bits per heavy atom. The van der Waals surface area contributed by atoms with E-state index in [-0.39, 0.29) is 17.7 Å². The molecule has 2 aromatic rings. The molecule has 1 aliphatic rings. The van der Waals surface area contributed by atoms with Gasteiger partial charge in [-0.2, -0.15) is 0 Å². The van der Waals surface area contributed by atoms with Crippen molar-refractivity contribution in [2.24, 2.45) is 0 Å². The first kappa shape index (κ1) is 18.1. The molecule has 25 heavy (non-hydrogen) atoms. The standard InChI is InChI=1S/C20H21ClF2N2/c21-10-1-11-24-12-14-25(15-13-24)20(16-2-6-18(22)7-3-16)17-4-8-19(23)9-5-17/h1-10,20H,11-15H2/b10-1+. The lowest BCUT2D eigenvalue weighted by atomic mass is 9.96. The van der Waals surface area contributed by atoms with Crippen molar-refractivity contribution in [1.29, 1.82) is 0 Å². The van der Waals surface area contributed by atoms with E-state index in [1.165, 1.54) is 24.3 Å². The fraction of sp³-hybridized carbons (Fsp3) is 0.300. The molecule has 0 atom stereocenters. The lowest BCUT2D eigenvalue weighted by Crippen LogP contribution is -2.47. The van der Waals surface area contributed by atoms with Crippen molar-refractivity contribution < 1.29 is 8.78 Å². The van der Waals surface area contributed by atoms with Gasteiger partial charge in [-0.05, 0) is 35.4 Å². The van der Waals surface area contributed by atoms with Crippen LogP contribution in [0.15, 0.2) is 60.1 Å². The number of benzene rings is 2. The Balaban J connectivity index is 1.82. The molecule has 132 valence electrons. The summed E-state index contributed by atoms with van der Waals surface area (Å²) in [7, 11) is 0. The minimum atomic E-state index is -0.251. The Hall–Kier alpha value is -1.75. The van der Waals surface area contributed by atoms with Gasteiger partial charge in [0, 0.05) is 38.3 Å². The molecular formula is C20H21ClF2N2. The zero-order valence-corrected chi connectivity index (χ0v) is 14.7. The number of nitrogens with zero attached hydrogens (tertiary/aromatic N) is 2. The average Bonchev–Trinajstić information content (AvgIpc) is 2.64. The monoisotopic (exact) mass is 362 g/mol. The van der Waals surface area contributed by atoms with Crippen molar-refractivity contribution in [3.8, 4) is 0 Å². The Morgan fingerprint density at radius 2 is 1.32 bits per heavy atom. The van der Waals surface area contributed by atoms with Gasteiger partial charge in [-0.15, -0.1) is 0 Å². The summed E-state index contributed by atoms with van der Waals surface area (Å²) in [4.78, 5) is 4.70. The van der Waals surface area contributed by atoms with Crippen LogP contribution in [0.1, 0.15) is 17.2 Å². The Kier molecular flexibility index (Phi) is 6.19. The van der Waals surface area contributed by atoms with E-state index in [2.05, 4.69) is 9.80 Å². The first-order chi connectivity index (χ1) is 12.2. The summed E-state index contributed by atoms with van der Waals surface area (Å²) in [6.45, 7) is 4.47. The SMILES string of the molecule is Fc1ccc(C(c2ccc(F)cc2)N2CCN(C/C=C/Cl)CC2)cc1. The molecule has 2 aromatic carbocycles. The highest BCUT2D eigenvalue weighted by atomic mass is 35.5. The van der Waals surface area contributed by atoms with Gasteiger partial charge in [0.1, 0.15) is 11.6 Å². The third-order valence-corrected chi connectivity index (χ3v) is 4.77. The minimum Gasteiger partial charge on any atom is -0.297 e. The molecule has 1 aliphatic heterocycles. The number of rotatable bonds is 5. The molecule has 0 bridgehead atoms. The Bertz CT molecular complexity index is 647. The van der Waals surface area contributed by atoms with Crippen LogP contribution < -0.4 is 0 Å². The molecule has 0 amide bonds. The number of hydrogen-bond donors (Lipinski definition) is 0. The molecule has 5 heteroatoms. The molecule has 0 N–H and O–H groups in total. The minimum absolute atomic E-state index is 0.00748. The van der Waals surface area contributed by atoms with Gasteiger partial charge in [0.05, 0.1) is 6.04 Å². The molecule has 0 unspecified atom stereocenters. The summed E-state index contributed by atoms with van der Waals surface area (Å²) in [6.07, 6.45) is 1.94. The average molecular weight is 363 g/mol. The molecule has 0 radical (unpaired) electrons. The van der Waals surface area contributed by atoms with Crippen molar-refractivity contribution in [3.05, 3.63) is 82.9 Å². The third kappa shape index (κ3) is 4.66. The third-order valence-electron chi connectivity index (χ3n) is 4.60. The van der Waals surface area contributed by atoms with Crippen LogP contribution in [0.3, 0.4) is 0 Å². The van der Waals surface area contributed by atoms with Crippen LogP contribution in [0.5, 0.6) is 0 Å². The van der Waals surface area contributed by atoms with E-state index in [1.807, 2.05) is 30.3 Å². The van der Waals surface area contributed by atoms with E-state index in [0.717, 1.165) is 43.9 Å². The fourth-order valence-electron chi connectivity index (χ4n) is 3.30. The molecule has 0 saturated carbocycles. The highest BCUT2D eigenvalue weighted by Crippen LogP contribution is 2.30. The van der Waals surface area contributed by atoms with Crippen LogP contribution in [0.2, 0.25) is 0 Å². The van der Waals surface area contributed by atoms with E-state index in [4.69, 9.17) is 11.6 Å². The second-order valence-electron chi connectivity index (χ2n) is 6.20. The van der Waals surface area contributed by atoms with Gasteiger partial charge < -0.3 is 0 Å². The van der Waals surface area contributed by atoms with Crippen molar-refractivity contribution in [2.45, 2.75) is 6.04 Å². The summed E-state index contributed by atoms with van der Waals surface area (Å²) >= 11 is 5.61. The van der Waals surface area contributed by atoms with E-state index in [9.17, 15) is 8.78 Å². The quantitative estimate of drug-likeness (QED) is 0.776. The van der Waals surface area contributed by atoms with Gasteiger partial charge in [-0.3, -0.25) is 9.80 Å². The number of halogens is 3. The van der Waals surface area contributed by atoms with Gasteiger partial charge in [0.2, 0.25) is 0 Å². The Morgan fingerprint density at radius 1 is 0.840 bits per heavy atom. The van der Waals surface area contributed by atoms with Crippen molar-refractivity contribution in [2.75, 3.05) is 32.7 Å². The van der Waals surface area contributed by atoms with Crippen LogP contribution in [-0.2, 0) is 0 Å². The molecule has 3 rings (SSSR count). The predicted octanol–water partition coefficient (Wildman–Crippen LogP) is 4.42. The van der Waals surface area contributed by atoms with Crippen molar-refractivity contribution in [3.63, 3.8) is 0 Å². The first-order valence-corrected chi connectivity index (χ1v) is 8.83. The smallest absolute Gasteiger partial charge is 0.123 e. The van der Waals surface area contributed by atoms with Crippen molar-refractivity contribution >= 4 is 11.6 Å². The maximum atomic E-state index is 13.3. The lowest BCUT2D eigenvalue weighted by molar-refractivity contribution is 0.117. The van der Waals surface area contributed by atoms with Gasteiger partial charge in [0.25, 0.3) is 0 Å². The summed E-state index contributed by atoms with van der Waals surface area (Å²) in [5, 5.41) is 0. The van der Waals surface area contributed by atoms with Crippen LogP contribution in [0.4, 0.5) is 8.78 Å². The molecule has 0 spiro atoms. The summed E-state index contributed by atoms with van der Waals surface area (Å²) < 4.78 is 26.7. The van der Waals surface area contributed by atoms with Crippen molar-refractivity contribution in [1.82, 2.24) is 9.80 Å². The second kappa shape index (κ2) is 8.56. The highest BCUT2D eigenvalue weighted by Gasteiger charge is 2.26. The van der Waals surface area contributed by atoms with E-state index < -0.39 is 0 Å². The summed E-state index contributed by atoms with van der Waals surface area (Å²) in [6, 6.07) is 13.2. The van der Waals surface area contributed by atoms with Gasteiger partial charge in [-0.1, -0.05) is 41.9 Å². The number of hydrogen-bond acceptors (Lipinski definition) is 2. The summed E-state index contributed by atoms with van der Waals surface area (Å²) in [5.74, 6) is -0.501. The molecule has 0 aliphatic carbocycles. The van der Waals surface area contributed by atoms with Crippen LogP contribution in [0, 0.1) is 11.6 Å². The molecule has 1 heterocycles. The van der Waals surface area contributed by atoms with Gasteiger partial charge in [-0.25, -0.2) is 8.78 Å². The zero-order valence-electron chi connectivity index (χ0n) is 13.9. The predicted molar refractivity (Wildman–Crippen MR) is 97.6 cm³/mol. The molecule has 0 aromatic heterocycles. The molecule has 1 fully saturated rings. The molecule has 2 nitrogen and oxygen atoms in total. The maximum absolute atomic E-state index is 13.3. The maximum Gasteiger partial charge on any atom is 0.123 e. The van der Waals surface area contributed by atoms with Crippen LogP contribution in [-0.4, -0.2) is 42.5 Å². The lowest BCUT2D eigenvalue weighted by Gasteiger charge is -2.39. The largest absolute Gasteiger partial charge is 0.297 e. The normalized spacial score (nSPS) is 16.8. The first-order valence-electron chi connectivity index (χ1n) is 8.40. The molecular weight excluding hydrogens is 342 g/mol. The van der Waals surface area contributed by atoms with Crippen LogP contribution >= 0.6 is 11.6 Å². The Labute approximate surface area is 152 Å². The highest BCUT2D eigenvalue weighted by molar-refractivity contribution is 6.25.